The normalized spacial score (nSPS) is 10.1. The third-order valence-corrected chi connectivity index (χ3v) is 5.03. The smallest absolute Gasteiger partial charge is 0.167 e. The van der Waals surface area contributed by atoms with Crippen LogP contribution in [0.2, 0.25) is 0 Å². The van der Waals surface area contributed by atoms with Gasteiger partial charge in [0.25, 0.3) is 0 Å². The number of nitrogens with zero attached hydrogens (tertiary/aromatic N) is 4. The number of hydrogen-bond donors (Lipinski definition) is 1. The number of rotatable bonds is 7. The Morgan fingerprint density at radius 1 is 0.964 bits per heavy atom. The molecule has 0 bridgehead atoms. The number of nitrogens with two attached hydrogens (primary N) is 1. The fourth-order valence-corrected chi connectivity index (χ4v) is 3.49. The van der Waals surface area contributed by atoms with Crippen molar-refractivity contribution in [2.24, 2.45) is 5.73 Å². The molecule has 0 saturated carbocycles. The molecule has 0 atom stereocenters. The second-order valence-corrected chi connectivity index (χ2v) is 8.80. The molecule has 2 N–H and O–H groups in total. The van der Waals surface area contributed by atoms with Crippen LogP contribution in [0.3, 0.4) is 0 Å². The summed E-state index contributed by atoms with van der Waals surface area (Å²) in [6, 6.07) is 9.19. The van der Waals surface area contributed by atoms with Crippen LogP contribution in [0.4, 0.5) is 0 Å². The number of thiocarbonyl (C=S) groups is 2. The van der Waals surface area contributed by atoms with Crippen LogP contribution >= 0.6 is 47.5 Å². The molecule has 28 heavy (non-hydrogen) atoms. The Morgan fingerprint density at radius 2 is 1.50 bits per heavy atom. The third-order valence-electron chi connectivity index (χ3n) is 3.28. The van der Waals surface area contributed by atoms with Gasteiger partial charge in [-0.3, -0.25) is 4.79 Å². The summed E-state index contributed by atoms with van der Waals surface area (Å²) in [5.41, 5.74) is 5.99. The first kappa shape index (κ1) is 22.3. The first-order valence-electron chi connectivity index (χ1n) is 8.30. The molecule has 10 heteroatoms. The molecular weight excluding hydrogens is 431 g/mol. The lowest BCUT2D eigenvalue weighted by atomic mass is 10.1. The maximum Gasteiger partial charge on any atom is 0.167 e. The molecule has 0 aliphatic heterocycles. The van der Waals surface area contributed by atoms with Gasteiger partial charge in [-0.1, -0.05) is 54.8 Å². The Bertz CT molecular complexity index is 952. The molecule has 0 amide bonds. The Morgan fingerprint density at radius 3 is 1.96 bits per heavy atom. The molecule has 0 fully saturated rings. The van der Waals surface area contributed by atoms with E-state index in [2.05, 4.69) is 30.9 Å². The lowest BCUT2D eigenvalue weighted by Crippen LogP contribution is -2.11. The summed E-state index contributed by atoms with van der Waals surface area (Å²) < 4.78 is 8.19. The molecule has 1 aromatic carbocycles. The van der Waals surface area contributed by atoms with Gasteiger partial charge in [-0.15, -0.1) is 0 Å². The second-order valence-electron chi connectivity index (χ2n) is 5.78. The monoisotopic (exact) mass is 449 g/mol. The highest BCUT2D eigenvalue weighted by Gasteiger charge is 2.11. The summed E-state index contributed by atoms with van der Waals surface area (Å²) in [5.74, 6) is 1.49. The molecule has 0 aliphatic rings. The minimum absolute atomic E-state index is 0.0487. The SMILES string of the molecule is Cc1nc(CC(=S)CC(=O)c2ccccc2)ns1.Cc1nc(CC(N)=S)ns1. The predicted molar refractivity (Wildman–Crippen MR) is 121 cm³/mol. The van der Waals surface area contributed by atoms with Gasteiger partial charge >= 0.3 is 0 Å². The Kier molecular flexibility index (Phi) is 8.84. The molecule has 6 nitrogen and oxygen atoms in total. The standard InChI is InChI=1S/C13H12N2OS2.C5H7N3S2/c1-9-14-13(15-18-9)8-11(17)7-12(16)10-5-3-2-4-6-10;1-3-7-5(8-10-3)2-4(6)9/h2-6H,7-8H2,1H3;2H2,1H3,(H2,6,9). The molecule has 2 heterocycles. The van der Waals surface area contributed by atoms with Crippen LogP contribution in [-0.4, -0.2) is 34.4 Å². The number of ketones is 1. The van der Waals surface area contributed by atoms with Crippen LogP contribution in [0.25, 0.3) is 0 Å². The molecule has 0 saturated heterocycles. The molecule has 0 radical (unpaired) electrons. The summed E-state index contributed by atoms with van der Waals surface area (Å²) in [6.07, 6.45) is 1.29. The van der Waals surface area contributed by atoms with E-state index in [1.165, 1.54) is 23.1 Å². The van der Waals surface area contributed by atoms with Crippen molar-refractivity contribution in [3.8, 4) is 0 Å². The van der Waals surface area contributed by atoms with E-state index in [1.54, 1.807) is 12.1 Å². The first-order valence-corrected chi connectivity index (χ1v) is 10.7. The maximum atomic E-state index is 11.9. The molecule has 3 aromatic rings. The zero-order valence-corrected chi connectivity index (χ0v) is 18.7. The van der Waals surface area contributed by atoms with Crippen LogP contribution in [0.15, 0.2) is 30.3 Å². The summed E-state index contributed by atoms with van der Waals surface area (Å²) in [4.78, 5) is 21.4. The fraction of sp³-hybridized carbons (Fsp3) is 0.278. The van der Waals surface area contributed by atoms with Gasteiger partial charge in [0.1, 0.15) is 21.7 Å². The minimum atomic E-state index is 0.0487. The zero-order chi connectivity index (χ0) is 20.5. The van der Waals surface area contributed by atoms with Crippen molar-refractivity contribution in [3.63, 3.8) is 0 Å². The van der Waals surface area contributed by atoms with Crippen LogP contribution in [0.1, 0.15) is 38.4 Å². The molecular formula is C18H19N5OS4. The average Bonchev–Trinajstić information content (AvgIpc) is 3.23. The first-order chi connectivity index (χ1) is 13.3. The van der Waals surface area contributed by atoms with Gasteiger partial charge < -0.3 is 5.73 Å². The van der Waals surface area contributed by atoms with Crippen molar-refractivity contribution in [1.82, 2.24) is 18.7 Å². The third kappa shape index (κ3) is 7.93. The number of benzene rings is 1. The van der Waals surface area contributed by atoms with Gasteiger partial charge in [0.2, 0.25) is 0 Å². The number of carbonyl (C=O) groups excluding carboxylic acids is 1. The summed E-state index contributed by atoms with van der Waals surface area (Å²) in [7, 11) is 0. The molecule has 0 spiro atoms. The lowest BCUT2D eigenvalue weighted by Gasteiger charge is -2.01. The average molecular weight is 450 g/mol. The van der Waals surface area contributed by atoms with Crippen molar-refractivity contribution in [3.05, 3.63) is 57.6 Å². The molecule has 0 aliphatic carbocycles. The van der Waals surface area contributed by atoms with Crippen molar-refractivity contribution in [2.45, 2.75) is 33.1 Å². The van der Waals surface area contributed by atoms with E-state index in [0.717, 1.165) is 15.8 Å². The zero-order valence-electron chi connectivity index (χ0n) is 15.4. The maximum absolute atomic E-state index is 11.9. The largest absolute Gasteiger partial charge is 0.393 e. The van der Waals surface area contributed by atoms with Crippen LogP contribution in [0, 0.1) is 13.8 Å². The minimum Gasteiger partial charge on any atom is -0.393 e. The highest BCUT2D eigenvalue weighted by Crippen LogP contribution is 2.08. The summed E-state index contributed by atoms with van der Waals surface area (Å²) in [6.45, 7) is 3.81. The molecule has 3 rings (SSSR count). The van der Waals surface area contributed by atoms with Crippen LogP contribution < -0.4 is 5.73 Å². The van der Waals surface area contributed by atoms with Gasteiger partial charge in [0.05, 0.1) is 11.4 Å². The number of hydrogen-bond acceptors (Lipinski definition) is 9. The summed E-state index contributed by atoms with van der Waals surface area (Å²) in [5, 5.41) is 1.87. The van der Waals surface area contributed by atoms with Gasteiger partial charge in [-0.05, 0) is 36.9 Å². The van der Waals surface area contributed by atoms with E-state index in [9.17, 15) is 4.79 Å². The van der Waals surface area contributed by atoms with E-state index in [1.807, 2.05) is 32.0 Å². The Balaban J connectivity index is 0.000000237. The van der Waals surface area contributed by atoms with E-state index < -0.39 is 0 Å². The molecule has 0 unspecified atom stereocenters. The second kappa shape index (κ2) is 11.1. The topological polar surface area (TPSA) is 94.7 Å². The van der Waals surface area contributed by atoms with E-state index in [0.29, 0.717) is 34.1 Å². The van der Waals surface area contributed by atoms with Gasteiger partial charge in [0, 0.05) is 23.3 Å². The van der Waals surface area contributed by atoms with Crippen molar-refractivity contribution in [2.75, 3.05) is 0 Å². The Hall–Kier alpha value is -2.01. The predicted octanol–water partition coefficient (Wildman–Crippen LogP) is 3.71. The lowest BCUT2D eigenvalue weighted by molar-refractivity contribution is 0.100. The Labute approximate surface area is 182 Å². The molecule has 2 aromatic heterocycles. The van der Waals surface area contributed by atoms with Crippen LogP contribution in [0.5, 0.6) is 0 Å². The van der Waals surface area contributed by atoms with Crippen molar-refractivity contribution >= 4 is 63.1 Å². The summed E-state index contributed by atoms with van der Waals surface area (Å²) >= 11 is 12.6. The fourth-order valence-electron chi connectivity index (χ4n) is 2.13. The number of Topliss-reactive ketones (excluding diaryl/α,β-unsaturated/α-hetero) is 1. The highest BCUT2D eigenvalue weighted by atomic mass is 32.1. The van der Waals surface area contributed by atoms with Crippen molar-refractivity contribution in [1.29, 1.82) is 0 Å². The quantitative estimate of drug-likeness (QED) is 0.431. The van der Waals surface area contributed by atoms with E-state index in [-0.39, 0.29) is 12.2 Å². The number of aryl methyl sites for hydroxylation is 2. The van der Waals surface area contributed by atoms with E-state index in [4.69, 9.17) is 18.0 Å². The van der Waals surface area contributed by atoms with Gasteiger partial charge in [0.15, 0.2) is 5.78 Å². The highest BCUT2D eigenvalue weighted by molar-refractivity contribution is 7.80. The van der Waals surface area contributed by atoms with Crippen molar-refractivity contribution < 1.29 is 4.79 Å². The van der Waals surface area contributed by atoms with Crippen LogP contribution in [-0.2, 0) is 12.8 Å². The number of carbonyl (C=O) groups is 1. The van der Waals surface area contributed by atoms with Gasteiger partial charge in [-0.2, -0.15) is 8.75 Å². The number of aromatic nitrogens is 4. The van der Waals surface area contributed by atoms with Gasteiger partial charge in [-0.25, -0.2) is 9.97 Å². The molecule has 146 valence electrons. The van der Waals surface area contributed by atoms with E-state index >= 15 is 0 Å².